The second-order valence-electron chi connectivity index (χ2n) is 11.4. The fourth-order valence-electron chi connectivity index (χ4n) is 8.41. The van der Waals surface area contributed by atoms with Crippen molar-refractivity contribution in [1.29, 1.82) is 0 Å². The largest absolute Gasteiger partial charge is 0.481 e. The third kappa shape index (κ3) is 2.34. The van der Waals surface area contributed by atoms with Crippen LogP contribution in [0.2, 0.25) is 0 Å². The van der Waals surface area contributed by atoms with Gasteiger partial charge in [0.05, 0.1) is 17.1 Å². The normalized spacial score (nSPS) is 52.3. The molecule has 0 aromatic carbocycles. The molecule has 0 aromatic rings. The number of carboxylic acid groups (broad SMARTS) is 2. The summed E-state index contributed by atoms with van der Waals surface area (Å²) >= 11 is 0. The van der Waals surface area contributed by atoms with Gasteiger partial charge >= 0.3 is 11.9 Å². The average Bonchev–Trinajstić information content (AvgIpc) is 3.34. The minimum Gasteiger partial charge on any atom is -0.481 e. The van der Waals surface area contributed by atoms with Gasteiger partial charge in [0.15, 0.2) is 5.78 Å². The molecule has 1 saturated heterocycles. The van der Waals surface area contributed by atoms with Crippen molar-refractivity contribution in [3.05, 3.63) is 11.6 Å². The molecule has 0 amide bonds. The molecule has 0 radical (unpaired) electrons. The fraction of sp³-hybridized carbons (Fsp3) is 0.792. The predicted octanol–water partition coefficient (Wildman–Crippen LogP) is 2.95. The topological polar surface area (TPSA) is 124 Å². The second-order valence-corrected chi connectivity index (χ2v) is 11.4. The van der Waals surface area contributed by atoms with Gasteiger partial charge in [0.2, 0.25) is 0 Å². The zero-order chi connectivity index (χ0) is 22.6. The van der Waals surface area contributed by atoms with Gasteiger partial charge in [0.1, 0.15) is 5.60 Å². The number of hydrogen-bond acceptors (Lipinski definition) is 5. The molecule has 4 aliphatic carbocycles. The highest BCUT2D eigenvalue weighted by molar-refractivity contribution is 5.92. The van der Waals surface area contributed by atoms with E-state index in [4.69, 9.17) is 4.74 Å². The second kappa shape index (κ2) is 5.98. The van der Waals surface area contributed by atoms with Gasteiger partial charge in [-0.2, -0.15) is 0 Å². The first kappa shape index (κ1) is 21.1. The Kier molecular flexibility index (Phi) is 4.08. The lowest BCUT2D eigenvalue weighted by Crippen LogP contribution is -2.66. The number of fused-ring (bicyclic) bond motifs is 3. The van der Waals surface area contributed by atoms with E-state index in [0.717, 1.165) is 5.57 Å². The van der Waals surface area contributed by atoms with E-state index in [0.29, 0.717) is 38.5 Å². The molecule has 4 fully saturated rings. The number of epoxide rings is 1. The molecule has 5 aliphatic rings. The maximum absolute atomic E-state index is 12.7. The van der Waals surface area contributed by atoms with Gasteiger partial charge in [-0.05, 0) is 57.4 Å². The molecule has 2 unspecified atom stereocenters. The first-order valence-electron chi connectivity index (χ1n) is 11.4. The molecule has 3 N–H and O–H groups in total. The number of hydrogen-bond donors (Lipinski definition) is 3. The highest BCUT2D eigenvalue weighted by Gasteiger charge is 2.84. The van der Waals surface area contributed by atoms with Crippen molar-refractivity contribution in [2.45, 2.75) is 89.4 Å². The van der Waals surface area contributed by atoms with Crippen LogP contribution >= 0.6 is 0 Å². The lowest BCUT2D eigenvalue weighted by atomic mass is 9.40. The van der Waals surface area contributed by atoms with E-state index in [1.54, 1.807) is 13.0 Å². The highest BCUT2D eigenvalue weighted by atomic mass is 16.6. The van der Waals surface area contributed by atoms with Crippen LogP contribution in [0, 0.1) is 28.1 Å². The van der Waals surface area contributed by atoms with E-state index in [9.17, 15) is 29.7 Å². The van der Waals surface area contributed by atoms with Gasteiger partial charge in [0.25, 0.3) is 0 Å². The predicted molar refractivity (Wildman–Crippen MR) is 109 cm³/mol. The van der Waals surface area contributed by atoms with Crippen LogP contribution in [-0.4, -0.2) is 50.3 Å². The number of rotatable bonds is 4. The summed E-state index contributed by atoms with van der Waals surface area (Å²) in [6.45, 7) is 5.92. The zero-order valence-corrected chi connectivity index (χ0v) is 18.4. The van der Waals surface area contributed by atoms with Gasteiger partial charge in [0, 0.05) is 29.6 Å². The molecule has 1 heterocycles. The SMILES string of the molecule is CC1(C(=O)O)CC2=CC(=O)CC[C@]2(C)[C@@]23OC2C[C@@]2(C)[C@@H](CC[C@]2(O)CCC(=O)O)[C@H]13. The summed E-state index contributed by atoms with van der Waals surface area (Å²) in [5, 5.41) is 31.3. The molecule has 7 nitrogen and oxygen atoms in total. The minimum absolute atomic E-state index is 0.0526. The number of ketones is 1. The van der Waals surface area contributed by atoms with Crippen LogP contribution in [0.3, 0.4) is 0 Å². The highest BCUT2D eigenvalue weighted by Crippen LogP contribution is 2.79. The molecule has 170 valence electrons. The Balaban J connectivity index is 1.63. The van der Waals surface area contributed by atoms with E-state index in [2.05, 4.69) is 6.92 Å². The molecule has 5 rings (SSSR count). The maximum atomic E-state index is 12.7. The molecule has 0 aromatic heterocycles. The molecule has 3 saturated carbocycles. The van der Waals surface area contributed by atoms with Crippen molar-refractivity contribution in [2.24, 2.45) is 28.1 Å². The number of ether oxygens (including phenoxy) is 1. The zero-order valence-electron chi connectivity index (χ0n) is 18.4. The van der Waals surface area contributed by atoms with Crippen LogP contribution in [0.15, 0.2) is 11.6 Å². The number of carbonyl (C=O) groups excluding carboxylic acids is 1. The van der Waals surface area contributed by atoms with Crippen molar-refractivity contribution in [1.82, 2.24) is 0 Å². The Hall–Kier alpha value is -1.73. The summed E-state index contributed by atoms with van der Waals surface area (Å²) in [6.07, 6.45) is 4.69. The third-order valence-corrected chi connectivity index (χ3v) is 10.2. The molecule has 31 heavy (non-hydrogen) atoms. The molecular formula is C24H32O7. The van der Waals surface area contributed by atoms with Gasteiger partial charge in [-0.25, -0.2) is 0 Å². The summed E-state index contributed by atoms with van der Waals surface area (Å²) in [4.78, 5) is 36.2. The third-order valence-electron chi connectivity index (χ3n) is 10.2. The smallest absolute Gasteiger partial charge is 0.310 e. The number of carbonyl (C=O) groups is 3. The monoisotopic (exact) mass is 432 g/mol. The minimum atomic E-state index is -1.15. The Morgan fingerprint density at radius 3 is 2.55 bits per heavy atom. The Bertz CT molecular complexity index is 925. The number of aliphatic carboxylic acids is 2. The summed E-state index contributed by atoms with van der Waals surface area (Å²) in [5.74, 6) is -2.15. The molecule has 1 spiro atoms. The Morgan fingerprint density at radius 2 is 1.90 bits per heavy atom. The molecule has 1 aliphatic heterocycles. The van der Waals surface area contributed by atoms with Gasteiger partial charge in [-0.3, -0.25) is 14.4 Å². The van der Waals surface area contributed by atoms with Crippen LogP contribution < -0.4 is 0 Å². The van der Waals surface area contributed by atoms with Crippen molar-refractivity contribution in [3.8, 4) is 0 Å². The van der Waals surface area contributed by atoms with Gasteiger partial charge in [-0.1, -0.05) is 19.4 Å². The van der Waals surface area contributed by atoms with E-state index < -0.39 is 34.0 Å². The van der Waals surface area contributed by atoms with E-state index in [1.807, 2.05) is 6.92 Å². The van der Waals surface area contributed by atoms with Crippen molar-refractivity contribution in [2.75, 3.05) is 0 Å². The lowest BCUT2D eigenvalue weighted by molar-refractivity contribution is -0.176. The summed E-state index contributed by atoms with van der Waals surface area (Å²) in [5.41, 5.74) is -2.97. The molecule has 7 heteroatoms. The fourth-order valence-corrected chi connectivity index (χ4v) is 8.41. The lowest BCUT2D eigenvalue weighted by Gasteiger charge is -2.61. The van der Waals surface area contributed by atoms with Crippen molar-refractivity contribution in [3.63, 3.8) is 0 Å². The first-order chi connectivity index (χ1) is 14.3. The van der Waals surface area contributed by atoms with E-state index >= 15 is 0 Å². The number of carboxylic acids is 2. The van der Waals surface area contributed by atoms with E-state index in [1.165, 1.54) is 0 Å². The van der Waals surface area contributed by atoms with Crippen molar-refractivity contribution >= 4 is 17.7 Å². The Morgan fingerprint density at radius 1 is 1.19 bits per heavy atom. The molecule has 8 atom stereocenters. The number of aliphatic hydroxyl groups is 1. The first-order valence-corrected chi connectivity index (χ1v) is 11.4. The van der Waals surface area contributed by atoms with Crippen LogP contribution in [-0.2, 0) is 19.1 Å². The van der Waals surface area contributed by atoms with Crippen molar-refractivity contribution < 1.29 is 34.4 Å². The Labute approximate surface area is 181 Å². The van der Waals surface area contributed by atoms with E-state index in [-0.39, 0.29) is 42.0 Å². The van der Waals surface area contributed by atoms with Crippen LogP contribution in [0.1, 0.15) is 72.1 Å². The summed E-state index contributed by atoms with van der Waals surface area (Å²) in [6, 6.07) is 0. The van der Waals surface area contributed by atoms with Gasteiger partial charge in [-0.15, -0.1) is 0 Å². The van der Waals surface area contributed by atoms with Crippen LogP contribution in [0.25, 0.3) is 0 Å². The molecule has 0 bridgehead atoms. The maximum Gasteiger partial charge on any atom is 0.310 e. The quantitative estimate of drug-likeness (QED) is 0.583. The average molecular weight is 433 g/mol. The summed E-state index contributed by atoms with van der Waals surface area (Å²) in [7, 11) is 0. The summed E-state index contributed by atoms with van der Waals surface area (Å²) < 4.78 is 6.50. The van der Waals surface area contributed by atoms with Gasteiger partial charge < -0.3 is 20.1 Å². The van der Waals surface area contributed by atoms with Crippen LogP contribution in [0.4, 0.5) is 0 Å². The standard InChI is InChI=1S/C24H32O7/c1-20(19(28)29)11-13-10-14(25)4-7-21(13,2)24-16(31-24)12-22(3)15(18(20)24)5-8-23(22,30)9-6-17(26)27/h10,15-16,18,30H,4-9,11-12H2,1-3H3,(H,26,27)(H,28,29)/t15-,16?,18+,20?,21-,22-,23-,24+/m0/s1. The molecular weight excluding hydrogens is 400 g/mol. The van der Waals surface area contributed by atoms with Crippen LogP contribution in [0.5, 0.6) is 0 Å².